The molecule has 76 heavy (non-hydrogen) atoms. The Bertz CT molecular complexity index is 2920. The Morgan fingerprint density at radius 1 is 0.618 bits per heavy atom. The maximum absolute atomic E-state index is 12.4. The number of nitrogen functional groups attached to an aromatic ring is 2. The monoisotopic (exact) mass is 1170 g/mol. The van der Waals surface area contributed by atoms with Crippen LogP contribution in [0.5, 0.6) is 0 Å². The van der Waals surface area contributed by atoms with Crippen molar-refractivity contribution in [3.05, 3.63) is 33.4 Å². The summed E-state index contributed by atoms with van der Waals surface area (Å²) in [6.07, 6.45) is -5.38. The molecule has 2 fully saturated rings. The van der Waals surface area contributed by atoms with E-state index in [9.17, 15) is 57.4 Å². The van der Waals surface area contributed by atoms with E-state index in [1.54, 1.807) is 0 Å². The van der Waals surface area contributed by atoms with Crippen LogP contribution in [0.3, 0.4) is 0 Å². The lowest BCUT2D eigenvalue weighted by Crippen LogP contribution is -2.41. The predicted molar refractivity (Wildman–Crippen MR) is 254 cm³/mol. The van der Waals surface area contributed by atoms with Gasteiger partial charge in [-0.15, -0.1) is 0 Å². The number of aliphatic hydroxyl groups excluding tert-OH is 2. The number of imidazole rings is 2. The first kappa shape index (κ1) is 62.0. The number of phosphoric acid groups is 4. The van der Waals surface area contributed by atoms with Crippen molar-refractivity contribution in [1.82, 2.24) is 49.7 Å². The van der Waals surface area contributed by atoms with Gasteiger partial charge in [0.15, 0.2) is 47.0 Å². The van der Waals surface area contributed by atoms with Crippen molar-refractivity contribution >= 4 is 77.7 Å². The van der Waals surface area contributed by atoms with E-state index in [2.05, 4.69) is 58.2 Å². The fourth-order valence-electron chi connectivity index (χ4n) is 7.30. The van der Waals surface area contributed by atoms with E-state index < -0.39 is 117 Å². The van der Waals surface area contributed by atoms with E-state index in [-0.39, 0.29) is 47.3 Å². The van der Waals surface area contributed by atoms with Crippen molar-refractivity contribution in [3.63, 3.8) is 0 Å². The minimum absolute atomic E-state index is 0.0865. The van der Waals surface area contributed by atoms with E-state index in [0.717, 1.165) is 60.3 Å². The van der Waals surface area contributed by atoms with Crippen LogP contribution >= 0.6 is 31.3 Å². The van der Waals surface area contributed by atoms with Gasteiger partial charge >= 0.3 is 43.5 Å². The molecule has 0 spiro atoms. The highest BCUT2D eigenvalue weighted by molar-refractivity contribution is 7.61. The van der Waals surface area contributed by atoms with Crippen LogP contribution in [0.15, 0.2) is 22.2 Å². The molecular formula is C34H58N14O24P4. The smallest absolute Gasteiger partial charge is 0.440 e. The number of nitrogens with zero attached hydrogens (tertiary/aromatic N) is 6. The molecule has 0 aliphatic carbocycles. The third-order valence-electron chi connectivity index (χ3n) is 10.6. The second-order valence-corrected chi connectivity index (χ2v) is 22.0. The number of aromatic amines is 2. The molecule has 2 aliphatic heterocycles. The van der Waals surface area contributed by atoms with Gasteiger partial charge in [0.25, 0.3) is 11.1 Å². The summed E-state index contributed by atoms with van der Waals surface area (Å²) >= 11 is 0. The molecule has 42 heteroatoms. The van der Waals surface area contributed by atoms with Crippen molar-refractivity contribution in [2.75, 3.05) is 50.9 Å². The number of nitrogens with one attached hydrogen (secondary N) is 4. The molecule has 0 saturated carbocycles. The number of carbonyl (C=O) groups excluding carboxylic acids is 2. The zero-order valence-electron chi connectivity index (χ0n) is 39.6. The number of unbranched alkanes of at least 4 members (excludes halogenated alkanes) is 6. The van der Waals surface area contributed by atoms with Crippen molar-refractivity contribution < 1.29 is 104 Å². The quantitative estimate of drug-likeness (QED) is 0.0230. The van der Waals surface area contributed by atoms with Gasteiger partial charge in [-0.3, -0.25) is 37.7 Å². The van der Waals surface area contributed by atoms with Gasteiger partial charge < -0.3 is 92.1 Å². The molecule has 0 radical (unpaired) electrons. The third kappa shape index (κ3) is 18.1. The lowest BCUT2D eigenvalue weighted by molar-refractivity contribution is -0.0522. The summed E-state index contributed by atoms with van der Waals surface area (Å²) in [5.41, 5.74) is 20.3. The lowest BCUT2D eigenvalue weighted by atomic mass is 10.1. The number of rotatable bonds is 26. The summed E-state index contributed by atoms with van der Waals surface area (Å²) in [7, 11) is -21.4. The first-order valence-electron chi connectivity index (χ1n) is 22.5. The number of aliphatic hydroxyl groups is 2. The van der Waals surface area contributed by atoms with Crippen LogP contribution in [0, 0.1) is 0 Å². The largest absolute Gasteiger partial charge is 0.481 e. The van der Waals surface area contributed by atoms with E-state index >= 15 is 0 Å². The first-order valence-corrected chi connectivity index (χ1v) is 28.6. The zero-order valence-corrected chi connectivity index (χ0v) is 43.1. The molecule has 4 aromatic rings. The van der Waals surface area contributed by atoms with Gasteiger partial charge in [-0.05, 0) is 38.8 Å². The summed E-state index contributed by atoms with van der Waals surface area (Å²) in [5.74, 6) is -0.519. The summed E-state index contributed by atoms with van der Waals surface area (Å²) in [6.45, 7) is -0.203. The molecular weight excluding hydrogens is 1110 g/mol. The highest BCUT2D eigenvalue weighted by atomic mass is 31.3. The predicted octanol–water partition coefficient (Wildman–Crippen LogP) is -2.40. The van der Waals surface area contributed by atoms with Gasteiger partial charge in [0.1, 0.15) is 24.4 Å². The van der Waals surface area contributed by atoms with Crippen LogP contribution in [0.1, 0.15) is 63.8 Å². The first-order chi connectivity index (χ1) is 35.6. The van der Waals surface area contributed by atoms with Gasteiger partial charge in [0.05, 0.1) is 25.9 Å². The van der Waals surface area contributed by atoms with Crippen LogP contribution in [0.4, 0.5) is 21.5 Å². The molecule has 10 atom stereocenters. The average molecular weight is 1170 g/mol. The minimum Gasteiger partial charge on any atom is -0.440 e. The second kappa shape index (κ2) is 27.1. The van der Waals surface area contributed by atoms with Crippen molar-refractivity contribution in [2.45, 2.75) is 100 Å². The van der Waals surface area contributed by atoms with Gasteiger partial charge in [-0.1, -0.05) is 25.7 Å². The van der Waals surface area contributed by atoms with E-state index in [0.29, 0.717) is 25.9 Å². The summed E-state index contributed by atoms with van der Waals surface area (Å²) < 4.78 is 86.4. The van der Waals surface area contributed by atoms with Crippen molar-refractivity contribution in [3.8, 4) is 0 Å². The van der Waals surface area contributed by atoms with Crippen molar-refractivity contribution in [2.24, 2.45) is 11.5 Å². The number of fused-ring (bicyclic) bond motifs is 2. The third-order valence-corrected chi connectivity index (χ3v) is 14.9. The zero-order chi connectivity index (χ0) is 56.2. The fourth-order valence-corrected chi connectivity index (χ4v) is 10.5. The number of phosphoric ester groups is 2. The molecule has 20 N–H and O–H groups in total. The number of alkyl carbamates (subject to hydrolysis) is 2. The lowest BCUT2D eigenvalue weighted by Gasteiger charge is -2.22. The van der Waals surface area contributed by atoms with Crippen LogP contribution in [-0.4, -0.2) is 167 Å². The van der Waals surface area contributed by atoms with Gasteiger partial charge in [0.2, 0.25) is 11.9 Å². The minimum atomic E-state index is -5.41. The number of carbonyl (C=O) groups is 2. The Balaban J connectivity index is 0.000000281. The summed E-state index contributed by atoms with van der Waals surface area (Å²) in [4.78, 5) is 124. The molecule has 0 bridgehead atoms. The number of amides is 2. The Morgan fingerprint density at radius 3 is 1.47 bits per heavy atom. The molecule has 2 amide bonds. The normalized spacial score (nSPS) is 23.4. The Kier molecular flexibility index (Phi) is 22.1. The summed E-state index contributed by atoms with van der Waals surface area (Å²) in [6, 6.07) is 0. The molecule has 10 unspecified atom stereocenters. The topological polar surface area (TPSA) is 593 Å². The SMILES string of the molecule is NCCCCCCNC(=O)OC1C(COP(=O)(O)OP(=O)(O)O)OC(n2cnc3c(=O)[nH]c(N)nc32)C1O.NCCCCCCNC(=O)OC1C(O)C(COP(=O)(O)OP(=O)(O)O)OC1n1cnc2c(=O)[nH]c(N)nc21. The number of anilines is 2. The van der Waals surface area contributed by atoms with Crippen LogP contribution < -0.4 is 44.7 Å². The standard InChI is InChI=1S/2C17H29N7O12P2/c18-5-3-1-2-4-6-20-17(27)35-12-9(7-33-38(31,32)36-37(28,29)30)34-15(11(12)25)24-8-21-10-13(24)22-16(19)23-14(10)26;18-5-3-1-2-4-6-20-17(27)35-12-11(25)9(7-33-38(31,32)36-37(28,29)30)34-15(12)24-8-21-10-13(24)22-16(19)23-14(10)26/h2*8-9,11-12,15,25H,1-7,18H2,(H,20,27)(H,31,32)(H2,28,29,30)(H3,19,22,23,26). The maximum atomic E-state index is 12.4. The molecule has 428 valence electrons. The molecule has 6 rings (SSSR count). The maximum Gasteiger partial charge on any atom is 0.481 e. The molecule has 0 aromatic carbocycles. The van der Waals surface area contributed by atoms with Gasteiger partial charge in [-0.2, -0.15) is 18.6 Å². The second-order valence-electron chi connectivity index (χ2n) is 16.3. The number of aromatic nitrogens is 8. The molecule has 38 nitrogen and oxygen atoms in total. The van der Waals surface area contributed by atoms with Gasteiger partial charge in [0, 0.05) is 13.1 Å². The highest BCUT2D eigenvalue weighted by Crippen LogP contribution is 2.59. The number of nitrogens with two attached hydrogens (primary N) is 4. The van der Waals surface area contributed by atoms with Crippen LogP contribution in [-0.2, 0) is 54.9 Å². The number of hydrogen-bond donors (Lipinski definition) is 16. The molecule has 4 aromatic heterocycles. The fraction of sp³-hybridized carbons (Fsp3) is 0.647. The summed E-state index contributed by atoms with van der Waals surface area (Å²) in [5, 5.41) is 26.8. The molecule has 2 saturated heterocycles. The van der Waals surface area contributed by atoms with Crippen LogP contribution in [0.25, 0.3) is 22.3 Å². The van der Waals surface area contributed by atoms with E-state index in [1.807, 2.05) is 0 Å². The van der Waals surface area contributed by atoms with Gasteiger partial charge in [-0.25, -0.2) is 37.8 Å². The molecule has 6 heterocycles. The Hall–Kier alpha value is -4.88. The molecule has 2 aliphatic rings. The average Bonchev–Trinajstić information content (AvgIpc) is 4.07. The Morgan fingerprint density at radius 2 is 1.03 bits per heavy atom. The number of H-pyrrole nitrogens is 2. The highest BCUT2D eigenvalue weighted by Gasteiger charge is 2.51. The number of hydrogen-bond acceptors (Lipinski definition) is 26. The Labute approximate surface area is 426 Å². The van der Waals surface area contributed by atoms with E-state index in [1.165, 1.54) is 0 Å². The van der Waals surface area contributed by atoms with Crippen LogP contribution in [0.2, 0.25) is 0 Å². The number of ether oxygens (including phenoxy) is 4. The van der Waals surface area contributed by atoms with E-state index in [4.69, 9.17) is 61.5 Å². The van der Waals surface area contributed by atoms with Crippen molar-refractivity contribution in [1.29, 1.82) is 0 Å².